The van der Waals surface area contributed by atoms with Crippen molar-refractivity contribution in [1.82, 2.24) is 0 Å². The third-order valence-electron chi connectivity index (χ3n) is 2.66. The van der Waals surface area contributed by atoms with Crippen molar-refractivity contribution in [3.8, 4) is 5.75 Å². The number of hydrogen-bond donors (Lipinski definition) is 0. The van der Waals surface area contributed by atoms with Crippen molar-refractivity contribution in [3.05, 3.63) is 65.2 Å². The summed E-state index contributed by atoms with van der Waals surface area (Å²) < 4.78 is 5.82. The molecule has 0 bridgehead atoms. The minimum Gasteiger partial charge on any atom is -0.436 e. The molecule has 0 N–H and O–H groups in total. The quantitative estimate of drug-likeness (QED) is 0.477. The molecule has 0 saturated carbocycles. The smallest absolute Gasteiger partial charge is 0.263 e. The Hall–Kier alpha value is -2.29. The lowest BCUT2D eigenvalue weighted by Crippen LogP contribution is -2.12. The van der Waals surface area contributed by atoms with Crippen LogP contribution in [0.4, 0.5) is 0 Å². The maximum Gasteiger partial charge on any atom is 0.263 e. The van der Waals surface area contributed by atoms with Crippen molar-refractivity contribution >= 4 is 5.90 Å². The summed E-state index contributed by atoms with van der Waals surface area (Å²) in [6, 6.07) is 16.6. The largest absolute Gasteiger partial charge is 0.436 e. The summed E-state index contributed by atoms with van der Waals surface area (Å²) in [5.74, 6) is 1.16. The number of oxime groups is 1. The molecule has 2 aromatic rings. The van der Waals surface area contributed by atoms with Gasteiger partial charge in [-0.3, -0.25) is 0 Å². The van der Waals surface area contributed by atoms with Gasteiger partial charge in [0.2, 0.25) is 0 Å². The van der Waals surface area contributed by atoms with Crippen LogP contribution < -0.4 is 4.74 Å². The number of hydrogen-bond acceptors (Lipinski definition) is 3. The van der Waals surface area contributed by atoms with E-state index in [9.17, 15) is 0 Å². The van der Waals surface area contributed by atoms with Crippen LogP contribution in [0.3, 0.4) is 0 Å². The first-order valence-electron chi connectivity index (χ1n) is 6.04. The highest BCUT2D eigenvalue weighted by Crippen LogP contribution is 2.18. The van der Waals surface area contributed by atoms with Crippen molar-refractivity contribution in [2.45, 2.75) is 13.8 Å². The van der Waals surface area contributed by atoms with Gasteiger partial charge in [-0.2, -0.15) is 0 Å². The zero-order valence-corrected chi connectivity index (χ0v) is 11.3. The average Bonchev–Trinajstić information content (AvgIpc) is 2.40. The Morgan fingerprint density at radius 3 is 2.63 bits per heavy atom. The summed E-state index contributed by atoms with van der Waals surface area (Å²) in [6.45, 7) is 4.00. The van der Waals surface area contributed by atoms with Crippen LogP contribution in [0.15, 0.2) is 47.6 Å². The fourth-order valence-electron chi connectivity index (χ4n) is 1.68. The van der Waals surface area contributed by atoms with Crippen LogP contribution in [0.1, 0.15) is 16.7 Å². The lowest BCUT2D eigenvalue weighted by Gasteiger charge is -2.10. The van der Waals surface area contributed by atoms with E-state index in [0.717, 1.165) is 22.4 Å². The predicted octanol–water partition coefficient (Wildman–Crippen LogP) is 3.49. The molecule has 0 atom stereocenters. The number of ether oxygens (including phenoxy) is 1. The van der Waals surface area contributed by atoms with Gasteiger partial charge in [-0.25, -0.2) is 0 Å². The Morgan fingerprint density at radius 2 is 1.95 bits per heavy atom. The topological polar surface area (TPSA) is 30.8 Å². The van der Waals surface area contributed by atoms with Crippen molar-refractivity contribution < 1.29 is 9.57 Å². The maximum atomic E-state index is 5.82. The first-order valence-corrected chi connectivity index (χ1v) is 6.04. The molecule has 0 aliphatic heterocycles. The minimum absolute atomic E-state index is 0.403. The van der Waals surface area contributed by atoms with E-state index < -0.39 is 0 Å². The Bertz CT molecular complexity index is 591. The van der Waals surface area contributed by atoms with E-state index in [1.165, 1.54) is 7.11 Å². The van der Waals surface area contributed by atoms with Crippen LogP contribution in [-0.4, -0.2) is 13.0 Å². The molecular weight excluding hydrogens is 238 g/mol. The second-order valence-corrected chi connectivity index (χ2v) is 4.23. The molecule has 2 rings (SSSR count). The normalized spacial score (nSPS) is 11.2. The second-order valence-electron chi connectivity index (χ2n) is 4.23. The van der Waals surface area contributed by atoms with E-state index in [4.69, 9.17) is 9.57 Å². The zero-order chi connectivity index (χ0) is 13.7. The van der Waals surface area contributed by atoms with E-state index in [1.54, 1.807) is 0 Å². The standard InChI is InChI=1S/C16H16NO2/c1-12-7-6-9-14(11-12)16(17-18-3)19-15-10-5-4-8-13(15)2/h4-8,10-11H,1-3H3/b17-16+. The monoisotopic (exact) mass is 254 g/mol. The van der Waals surface area contributed by atoms with E-state index in [1.807, 2.05) is 56.3 Å². The summed E-state index contributed by atoms with van der Waals surface area (Å²) in [5.41, 5.74) is 2.93. The summed E-state index contributed by atoms with van der Waals surface area (Å²) in [5, 5.41) is 3.94. The molecule has 97 valence electrons. The SMILES string of the molecule is CO/N=C(/Oc1ccccc1C)c1[c]ccc(C)c1. The number of benzene rings is 2. The average molecular weight is 254 g/mol. The molecule has 0 aliphatic carbocycles. The summed E-state index contributed by atoms with van der Waals surface area (Å²) in [4.78, 5) is 4.85. The molecule has 0 aromatic heterocycles. The predicted molar refractivity (Wildman–Crippen MR) is 75.4 cm³/mol. The van der Waals surface area contributed by atoms with Gasteiger partial charge in [0.15, 0.2) is 0 Å². The fraction of sp³-hybridized carbons (Fsp3) is 0.188. The maximum absolute atomic E-state index is 5.82. The van der Waals surface area contributed by atoms with E-state index in [2.05, 4.69) is 11.2 Å². The summed E-state index contributed by atoms with van der Waals surface area (Å²) in [6.07, 6.45) is 0. The second kappa shape index (κ2) is 6.05. The first kappa shape index (κ1) is 13.1. The molecule has 0 amide bonds. The molecule has 0 spiro atoms. The van der Waals surface area contributed by atoms with Gasteiger partial charge in [-0.1, -0.05) is 35.9 Å². The molecule has 0 aliphatic rings. The highest BCUT2D eigenvalue weighted by atomic mass is 16.6. The highest BCUT2D eigenvalue weighted by Gasteiger charge is 2.09. The van der Waals surface area contributed by atoms with Gasteiger partial charge in [-0.15, -0.1) is 0 Å². The molecule has 1 radical (unpaired) electrons. The van der Waals surface area contributed by atoms with Crippen molar-refractivity contribution in [2.24, 2.45) is 5.16 Å². The fourth-order valence-corrected chi connectivity index (χ4v) is 1.68. The molecule has 0 saturated heterocycles. The lowest BCUT2D eigenvalue weighted by molar-refractivity contribution is 0.206. The van der Waals surface area contributed by atoms with E-state index in [0.29, 0.717) is 5.90 Å². The summed E-state index contributed by atoms with van der Waals surface area (Å²) in [7, 11) is 1.50. The summed E-state index contributed by atoms with van der Waals surface area (Å²) >= 11 is 0. The van der Waals surface area contributed by atoms with Gasteiger partial charge < -0.3 is 9.57 Å². The minimum atomic E-state index is 0.403. The number of aryl methyl sites for hydroxylation is 2. The van der Waals surface area contributed by atoms with Crippen LogP contribution in [0.2, 0.25) is 0 Å². The molecule has 3 nitrogen and oxygen atoms in total. The van der Waals surface area contributed by atoms with Crippen LogP contribution >= 0.6 is 0 Å². The van der Waals surface area contributed by atoms with Gasteiger partial charge in [0, 0.05) is 5.56 Å². The lowest BCUT2D eigenvalue weighted by atomic mass is 10.1. The van der Waals surface area contributed by atoms with E-state index >= 15 is 0 Å². The molecule has 3 heteroatoms. The van der Waals surface area contributed by atoms with Crippen molar-refractivity contribution in [2.75, 3.05) is 7.11 Å². The van der Waals surface area contributed by atoms with Gasteiger partial charge in [-0.05, 0) is 42.8 Å². The molecule has 0 unspecified atom stereocenters. The Kier molecular flexibility index (Phi) is 4.18. The Balaban J connectivity index is 2.32. The molecule has 0 heterocycles. The molecule has 0 fully saturated rings. The first-order chi connectivity index (χ1) is 9.20. The number of nitrogens with zero attached hydrogens (tertiary/aromatic N) is 1. The Labute approximate surface area is 113 Å². The third-order valence-corrected chi connectivity index (χ3v) is 2.66. The van der Waals surface area contributed by atoms with Gasteiger partial charge in [0.05, 0.1) is 0 Å². The van der Waals surface area contributed by atoms with Crippen LogP contribution in [0.25, 0.3) is 0 Å². The van der Waals surface area contributed by atoms with Crippen LogP contribution in [-0.2, 0) is 4.84 Å². The number of rotatable bonds is 3. The van der Waals surface area contributed by atoms with Gasteiger partial charge in [0.25, 0.3) is 5.90 Å². The zero-order valence-electron chi connectivity index (χ0n) is 11.3. The number of para-hydroxylation sites is 1. The highest BCUT2D eigenvalue weighted by molar-refractivity contribution is 5.95. The molecular formula is C16H16NO2. The van der Waals surface area contributed by atoms with Gasteiger partial charge in [0.1, 0.15) is 12.9 Å². The Morgan fingerprint density at radius 1 is 1.16 bits per heavy atom. The van der Waals surface area contributed by atoms with Crippen molar-refractivity contribution in [1.29, 1.82) is 0 Å². The van der Waals surface area contributed by atoms with Crippen LogP contribution in [0.5, 0.6) is 5.75 Å². The molecule has 2 aromatic carbocycles. The van der Waals surface area contributed by atoms with Crippen LogP contribution in [0, 0.1) is 19.9 Å². The molecule has 19 heavy (non-hydrogen) atoms. The van der Waals surface area contributed by atoms with Crippen molar-refractivity contribution in [3.63, 3.8) is 0 Å². The van der Waals surface area contributed by atoms with Gasteiger partial charge >= 0.3 is 0 Å². The third kappa shape index (κ3) is 3.35. The van der Waals surface area contributed by atoms with E-state index in [-0.39, 0.29) is 0 Å².